The topological polar surface area (TPSA) is 96.5 Å². The lowest BCUT2D eigenvalue weighted by Crippen LogP contribution is -2.42. The highest BCUT2D eigenvalue weighted by atomic mass is 16.2. The van der Waals surface area contributed by atoms with Gasteiger partial charge in [0.25, 0.3) is 0 Å². The number of amides is 3. The molecule has 1 saturated heterocycles. The first-order valence-corrected chi connectivity index (χ1v) is 13.2. The quantitative estimate of drug-likeness (QED) is 0.520. The zero-order chi connectivity index (χ0) is 25.8. The van der Waals surface area contributed by atoms with E-state index in [2.05, 4.69) is 52.1 Å². The number of aryl methyl sites for hydroxylation is 1. The Morgan fingerprint density at radius 2 is 1.84 bits per heavy atom. The molecule has 3 heterocycles. The molecule has 0 radical (unpaired) electrons. The highest BCUT2D eigenvalue weighted by molar-refractivity contribution is 5.84. The fraction of sp³-hybridized carbons (Fsp3) is 0.414. The number of piperidine rings is 1. The summed E-state index contributed by atoms with van der Waals surface area (Å²) in [7, 11) is 0. The van der Waals surface area contributed by atoms with Crippen molar-refractivity contribution in [3.63, 3.8) is 0 Å². The van der Waals surface area contributed by atoms with E-state index < -0.39 is 6.04 Å². The first-order valence-electron chi connectivity index (χ1n) is 13.2. The Balaban J connectivity index is 1.29. The summed E-state index contributed by atoms with van der Waals surface area (Å²) in [5.41, 5.74) is 11.1. The van der Waals surface area contributed by atoms with E-state index in [1.165, 1.54) is 16.7 Å². The van der Waals surface area contributed by atoms with Crippen LogP contribution in [0.15, 0.2) is 61.1 Å². The van der Waals surface area contributed by atoms with Crippen LogP contribution in [0.5, 0.6) is 0 Å². The number of carbonyl (C=O) groups is 2. The van der Waals surface area contributed by atoms with Crippen molar-refractivity contribution in [3.8, 4) is 0 Å². The minimum absolute atomic E-state index is 0.109. The number of primary amides is 1. The number of hydrogen-bond donors (Lipinski definition) is 2. The van der Waals surface area contributed by atoms with Gasteiger partial charge in [-0.2, -0.15) is 0 Å². The molecule has 2 aliphatic rings. The van der Waals surface area contributed by atoms with E-state index in [1.807, 2.05) is 35.6 Å². The molecule has 8 heteroatoms. The average Bonchev–Trinajstić information content (AvgIpc) is 3.30. The van der Waals surface area contributed by atoms with Gasteiger partial charge in [0.15, 0.2) is 0 Å². The molecule has 194 valence electrons. The Morgan fingerprint density at radius 3 is 2.62 bits per heavy atom. The van der Waals surface area contributed by atoms with Crippen LogP contribution < -0.4 is 11.1 Å². The summed E-state index contributed by atoms with van der Waals surface area (Å²) in [5, 5.41) is 3.58. The van der Waals surface area contributed by atoms with E-state index >= 15 is 0 Å². The minimum atomic E-state index is -0.412. The lowest BCUT2D eigenvalue weighted by atomic mass is 9.97. The Bertz CT molecular complexity index is 1250. The van der Waals surface area contributed by atoms with Crippen LogP contribution in [-0.2, 0) is 30.8 Å². The van der Waals surface area contributed by atoms with E-state index in [1.54, 1.807) is 4.90 Å². The number of imidazole rings is 1. The smallest absolute Gasteiger partial charge is 0.314 e. The highest BCUT2D eigenvalue weighted by Gasteiger charge is 2.31. The lowest BCUT2D eigenvalue weighted by Gasteiger charge is -2.31. The largest absolute Gasteiger partial charge is 0.351 e. The number of aromatic nitrogens is 2. The Morgan fingerprint density at radius 1 is 1.08 bits per heavy atom. The van der Waals surface area contributed by atoms with E-state index in [4.69, 9.17) is 5.73 Å². The van der Waals surface area contributed by atoms with Crippen molar-refractivity contribution in [2.75, 3.05) is 19.6 Å². The number of nitrogens with one attached hydrogen (secondary N) is 1. The molecule has 0 bridgehead atoms. The van der Waals surface area contributed by atoms with Gasteiger partial charge in [-0.25, -0.2) is 9.78 Å². The number of benzene rings is 2. The summed E-state index contributed by atoms with van der Waals surface area (Å²) in [6.07, 6.45) is 6.44. The molecule has 3 amide bonds. The van der Waals surface area contributed by atoms with Crippen molar-refractivity contribution in [2.24, 2.45) is 11.7 Å². The zero-order valence-electron chi connectivity index (χ0n) is 21.5. The number of fused-ring (bicyclic) bond motifs is 1. The van der Waals surface area contributed by atoms with Crippen LogP contribution in [0, 0.1) is 12.8 Å². The molecule has 5 rings (SSSR count). The molecule has 3 N–H and O–H groups in total. The summed E-state index contributed by atoms with van der Waals surface area (Å²) in [6.45, 7) is 6.20. The van der Waals surface area contributed by atoms with Gasteiger partial charge in [0.1, 0.15) is 6.04 Å². The molecular weight excluding hydrogens is 464 g/mol. The van der Waals surface area contributed by atoms with Crippen molar-refractivity contribution in [1.82, 2.24) is 24.7 Å². The molecule has 1 aromatic heterocycles. The van der Waals surface area contributed by atoms with Crippen LogP contribution in [0.1, 0.15) is 46.8 Å². The average molecular weight is 501 g/mol. The van der Waals surface area contributed by atoms with Crippen LogP contribution in [0.4, 0.5) is 4.79 Å². The summed E-state index contributed by atoms with van der Waals surface area (Å²) in [6, 6.07) is 15.8. The van der Waals surface area contributed by atoms with Crippen molar-refractivity contribution in [3.05, 3.63) is 89.0 Å². The highest BCUT2D eigenvalue weighted by Crippen LogP contribution is 2.27. The maximum Gasteiger partial charge on any atom is 0.314 e. The van der Waals surface area contributed by atoms with Crippen molar-refractivity contribution < 1.29 is 9.59 Å². The summed E-state index contributed by atoms with van der Waals surface area (Å²) in [5.74, 6) is 0.575. The molecule has 0 saturated carbocycles. The Labute approximate surface area is 218 Å². The van der Waals surface area contributed by atoms with Gasteiger partial charge in [-0.1, -0.05) is 48.5 Å². The first kappa shape index (κ1) is 25.0. The number of nitrogens with zero attached hydrogens (tertiary/aromatic N) is 4. The predicted molar refractivity (Wildman–Crippen MR) is 142 cm³/mol. The van der Waals surface area contributed by atoms with Gasteiger partial charge in [0, 0.05) is 45.5 Å². The van der Waals surface area contributed by atoms with Crippen LogP contribution in [0.3, 0.4) is 0 Å². The number of urea groups is 1. The standard InChI is InChI=1S/C29H36N6O2/c1-21-6-2-3-8-24(21)19-34-15-12-23-7-4-5-9-26(23)27(28(34)36)32-17-25-16-31-20-35(25)18-22-10-13-33(14-11-22)29(30)37/h2-9,16,20,22,27,32H,10-15,17-19H2,1H3,(H2,30,37). The van der Waals surface area contributed by atoms with Crippen LogP contribution >= 0.6 is 0 Å². The fourth-order valence-electron chi connectivity index (χ4n) is 5.55. The summed E-state index contributed by atoms with van der Waals surface area (Å²) in [4.78, 5) is 33.4. The van der Waals surface area contributed by atoms with Crippen molar-refractivity contribution >= 4 is 11.9 Å². The van der Waals surface area contributed by atoms with E-state index in [0.29, 0.717) is 38.6 Å². The van der Waals surface area contributed by atoms with E-state index in [0.717, 1.165) is 37.1 Å². The van der Waals surface area contributed by atoms with Gasteiger partial charge in [-0.3, -0.25) is 10.1 Å². The predicted octanol–water partition coefficient (Wildman–Crippen LogP) is 3.40. The third-order valence-electron chi connectivity index (χ3n) is 7.87. The third kappa shape index (κ3) is 5.69. The Hall–Kier alpha value is -3.65. The normalized spacial score (nSPS) is 18.5. The SMILES string of the molecule is Cc1ccccc1CN1CCc2ccccc2C(NCc2cncn2CC2CCN(C(N)=O)CC2)C1=O. The summed E-state index contributed by atoms with van der Waals surface area (Å²) >= 11 is 0. The number of rotatable bonds is 7. The monoisotopic (exact) mass is 500 g/mol. The van der Waals surface area contributed by atoms with Gasteiger partial charge >= 0.3 is 6.03 Å². The van der Waals surface area contributed by atoms with Gasteiger partial charge in [-0.15, -0.1) is 0 Å². The molecule has 2 aliphatic heterocycles. The minimum Gasteiger partial charge on any atom is -0.351 e. The van der Waals surface area contributed by atoms with Crippen LogP contribution in [0.25, 0.3) is 0 Å². The first-order chi connectivity index (χ1) is 18.0. The Kier molecular flexibility index (Phi) is 7.55. The molecule has 1 fully saturated rings. The van der Waals surface area contributed by atoms with Gasteiger partial charge in [-0.05, 0) is 54.4 Å². The van der Waals surface area contributed by atoms with Gasteiger partial charge < -0.3 is 20.1 Å². The second kappa shape index (κ2) is 11.2. The van der Waals surface area contributed by atoms with Crippen LogP contribution in [0.2, 0.25) is 0 Å². The molecule has 0 aliphatic carbocycles. The molecule has 1 unspecified atom stereocenters. The second-order valence-corrected chi connectivity index (χ2v) is 10.3. The molecule has 2 aromatic carbocycles. The van der Waals surface area contributed by atoms with Crippen LogP contribution in [-0.4, -0.2) is 50.9 Å². The lowest BCUT2D eigenvalue weighted by molar-refractivity contribution is -0.134. The fourth-order valence-corrected chi connectivity index (χ4v) is 5.55. The molecular formula is C29H36N6O2. The molecule has 37 heavy (non-hydrogen) atoms. The molecule has 0 spiro atoms. The number of carbonyl (C=O) groups excluding carboxylic acids is 2. The maximum absolute atomic E-state index is 13.9. The molecule has 1 atom stereocenters. The third-order valence-corrected chi connectivity index (χ3v) is 7.87. The molecule has 3 aromatic rings. The summed E-state index contributed by atoms with van der Waals surface area (Å²) < 4.78 is 2.18. The number of nitrogens with two attached hydrogens (primary N) is 1. The van der Waals surface area contributed by atoms with E-state index in [9.17, 15) is 9.59 Å². The van der Waals surface area contributed by atoms with Crippen molar-refractivity contribution in [2.45, 2.75) is 51.9 Å². The maximum atomic E-state index is 13.9. The van der Waals surface area contributed by atoms with E-state index in [-0.39, 0.29) is 11.9 Å². The van der Waals surface area contributed by atoms with Crippen molar-refractivity contribution in [1.29, 1.82) is 0 Å². The second-order valence-electron chi connectivity index (χ2n) is 10.3. The number of hydrogen-bond acceptors (Lipinski definition) is 4. The molecule has 8 nitrogen and oxygen atoms in total. The van der Waals surface area contributed by atoms with Gasteiger partial charge in [0.05, 0.1) is 12.0 Å². The number of likely N-dealkylation sites (tertiary alicyclic amines) is 1. The zero-order valence-corrected chi connectivity index (χ0v) is 21.5. The van der Waals surface area contributed by atoms with Gasteiger partial charge in [0.2, 0.25) is 5.91 Å².